The van der Waals surface area contributed by atoms with Gasteiger partial charge in [-0.05, 0) is 24.3 Å². The number of hydrogen-bond donors (Lipinski definition) is 1. The van der Waals surface area contributed by atoms with Gasteiger partial charge in [0.15, 0.2) is 11.5 Å². The highest BCUT2D eigenvalue weighted by atomic mass is 35.5. The highest BCUT2D eigenvalue weighted by Crippen LogP contribution is 2.41. The Morgan fingerprint density at radius 3 is 2.32 bits per heavy atom. The number of aliphatic hydroxyl groups is 1. The molecule has 0 radical (unpaired) electrons. The van der Waals surface area contributed by atoms with Crippen LogP contribution in [0.15, 0.2) is 12.1 Å². The highest BCUT2D eigenvalue weighted by Gasteiger charge is 2.20. The largest absolute Gasteiger partial charge is 0.493 e. The maximum Gasteiger partial charge on any atom is 0.179 e. The maximum atomic E-state index is 10.3. The van der Waals surface area contributed by atoms with Crippen LogP contribution in [0.3, 0.4) is 0 Å². The lowest BCUT2D eigenvalue weighted by molar-refractivity contribution is 0.147. The van der Waals surface area contributed by atoms with Crippen molar-refractivity contribution in [1.82, 2.24) is 0 Å². The second-order valence-corrected chi connectivity index (χ2v) is 6.20. The van der Waals surface area contributed by atoms with Crippen molar-refractivity contribution in [2.75, 3.05) is 14.2 Å². The van der Waals surface area contributed by atoms with Crippen LogP contribution in [0.5, 0.6) is 11.5 Å². The molecule has 0 aliphatic heterocycles. The van der Waals surface area contributed by atoms with Gasteiger partial charge in [-0.15, -0.1) is 0 Å². The van der Waals surface area contributed by atoms with Gasteiger partial charge in [0.1, 0.15) is 0 Å². The van der Waals surface area contributed by atoms with E-state index in [4.69, 9.17) is 21.1 Å². The first kappa shape index (κ1) is 16.1. The minimum Gasteiger partial charge on any atom is -0.493 e. The van der Waals surface area contributed by atoms with Gasteiger partial charge in [-0.1, -0.05) is 38.4 Å². The molecular formula is C15H23ClO3. The number of hydrogen-bond acceptors (Lipinski definition) is 3. The smallest absolute Gasteiger partial charge is 0.179 e. The van der Waals surface area contributed by atoms with E-state index in [1.165, 1.54) is 7.11 Å². The lowest BCUT2D eigenvalue weighted by Crippen LogP contribution is -2.09. The van der Waals surface area contributed by atoms with E-state index >= 15 is 0 Å². The van der Waals surface area contributed by atoms with Crippen molar-refractivity contribution >= 4 is 11.6 Å². The average Bonchev–Trinajstić information content (AvgIpc) is 2.34. The molecule has 108 valence electrons. The molecule has 3 nitrogen and oxygen atoms in total. The minimum absolute atomic E-state index is 0.185. The van der Waals surface area contributed by atoms with E-state index in [2.05, 4.69) is 20.8 Å². The second-order valence-electron chi connectivity index (χ2n) is 5.82. The van der Waals surface area contributed by atoms with Gasteiger partial charge in [-0.2, -0.15) is 0 Å². The van der Waals surface area contributed by atoms with Crippen molar-refractivity contribution in [3.8, 4) is 11.5 Å². The van der Waals surface area contributed by atoms with E-state index in [0.717, 1.165) is 6.42 Å². The summed E-state index contributed by atoms with van der Waals surface area (Å²) in [5.41, 5.74) is 0.868. The molecule has 1 aromatic rings. The molecule has 0 aromatic heterocycles. The van der Waals surface area contributed by atoms with E-state index in [1.54, 1.807) is 19.2 Å². The zero-order chi connectivity index (χ0) is 14.6. The van der Waals surface area contributed by atoms with Crippen LogP contribution in [0.1, 0.15) is 45.3 Å². The molecule has 1 rings (SSSR count). The molecule has 0 saturated heterocycles. The topological polar surface area (TPSA) is 38.7 Å². The predicted molar refractivity (Wildman–Crippen MR) is 78.2 cm³/mol. The molecule has 0 aliphatic rings. The maximum absolute atomic E-state index is 10.3. The number of ether oxygens (including phenoxy) is 2. The van der Waals surface area contributed by atoms with E-state index < -0.39 is 6.10 Å². The molecule has 0 aliphatic carbocycles. The Bertz CT molecular complexity index is 424. The van der Waals surface area contributed by atoms with Crippen molar-refractivity contribution in [2.45, 2.75) is 39.7 Å². The van der Waals surface area contributed by atoms with Gasteiger partial charge >= 0.3 is 0 Å². The molecule has 1 N–H and O–H groups in total. The van der Waals surface area contributed by atoms with Crippen LogP contribution in [0.2, 0.25) is 5.02 Å². The molecule has 1 aromatic carbocycles. The number of aliphatic hydroxyl groups excluding tert-OH is 1. The van der Waals surface area contributed by atoms with Crippen LogP contribution in [0.4, 0.5) is 0 Å². The molecule has 0 fully saturated rings. The van der Waals surface area contributed by atoms with Crippen molar-refractivity contribution in [1.29, 1.82) is 0 Å². The molecule has 0 spiro atoms. The van der Waals surface area contributed by atoms with E-state index in [1.807, 2.05) is 0 Å². The first-order chi connectivity index (χ1) is 8.80. The third kappa shape index (κ3) is 4.29. The number of rotatable bonds is 5. The van der Waals surface area contributed by atoms with Crippen LogP contribution < -0.4 is 9.47 Å². The van der Waals surface area contributed by atoms with Gasteiger partial charge in [-0.25, -0.2) is 0 Å². The molecule has 1 atom stereocenters. The molecule has 4 heteroatoms. The summed E-state index contributed by atoms with van der Waals surface area (Å²) >= 11 is 6.27. The van der Waals surface area contributed by atoms with Gasteiger partial charge in [0.25, 0.3) is 0 Å². The first-order valence-corrected chi connectivity index (χ1v) is 6.76. The van der Waals surface area contributed by atoms with Crippen molar-refractivity contribution in [2.24, 2.45) is 5.41 Å². The summed E-state index contributed by atoms with van der Waals surface area (Å²) in [6, 6.07) is 3.55. The number of benzene rings is 1. The summed E-state index contributed by atoms with van der Waals surface area (Å²) in [5, 5.41) is 10.7. The van der Waals surface area contributed by atoms with Crippen molar-refractivity contribution < 1.29 is 14.6 Å². The molecule has 1 unspecified atom stereocenters. The Kier molecular flexibility index (Phi) is 5.50. The summed E-state index contributed by atoms with van der Waals surface area (Å²) in [7, 11) is 3.10. The van der Waals surface area contributed by atoms with Gasteiger partial charge in [0.05, 0.1) is 25.3 Å². The third-order valence-corrected chi connectivity index (χ3v) is 3.43. The van der Waals surface area contributed by atoms with Crippen LogP contribution in [-0.4, -0.2) is 19.3 Å². The average molecular weight is 287 g/mol. The fourth-order valence-electron chi connectivity index (χ4n) is 1.89. The SMILES string of the molecule is COc1ccc(C(O)CCC(C)(C)C)c(Cl)c1OC. The summed E-state index contributed by atoms with van der Waals surface area (Å²) in [4.78, 5) is 0. The van der Waals surface area contributed by atoms with Crippen molar-refractivity contribution in [3.63, 3.8) is 0 Å². The van der Waals surface area contributed by atoms with Gasteiger partial charge in [0, 0.05) is 5.56 Å². The summed E-state index contributed by atoms with van der Waals surface area (Å²) < 4.78 is 10.4. The molecule has 0 heterocycles. The Balaban J connectivity index is 2.95. The Morgan fingerprint density at radius 2 is 1.84 bits per heavy atom. The standard InChI is InChI=1S/C15H23ClO3/c1-15(2,3)9-8-11(17)10-6-7-12(18-4)14(19-5)13(10)16/h6-7,11,17H,8-9H2,1-5H3. The lowest BCUT2D eigenvalue weighted by Gasteiger charge is -2.22. The van der Waals surface area contributed by atoms with E-state index in [-0.39, 0.29) is 5.41 Å². The number of halogens is 1. The Morgan fingerprint density at radius 1 is 1.21 bits per heavy atom. The number of methoxy groups -OCH3 is 2. The summed E-state index contributed by atoms with van der Waals surface area (Å²) in [5.74, 6) is 1.04. The van der Waals surface area contributed by atoms with Crippen LogP contribution in [0, 0.1) is 5.41 Å². The van der Waals surface area contributed by atoms with Crippen LogP contribution >= 0.6 is 11.6 Å². The molecule has 0 amide bonds. The van der Waals surface area contributed by atoms with Crippen LogP contribution in [0.25, 0.3) is 0 Å². The molecular weight excluding hydrogens is 264 g/mol. The van der Waals surface area contributed by atoms with E-state index in [0.29, 0.717) is 28.5 Å². The van der Waals surface area contributed by atoms with Gasteiger partial charge in [0.2, 0.25) is 0 Å². The Hall–Kier alpha value is -0.930. The van der Waals surface area contributed by atoms with Gasteiger partial charge < -0.3 is 14.6 Å². The minimum atomic E-state index is -0.591. The quantitative estimate of drug-likeness (QED) is 0.881. The second kappa shape index (κ2) is 6.49. The molecule has 19 heavy (non-hydrogen) atoms. The fraction of sp³-hybridized carbons (Fsp3) is 0.600. The first-order valence-electron chi connectivity index (χ1n) is 6.38. The van der Waals surface area contributed by atoms with Crippen molar-refractivity contribution in [3.05, 3.63) is 22.7 Å². The summed E-state index contributed by atoms with van der Waals surface area (Å²) in [6.07, 6.45) is 0.990. The Labute approximate surface area is 120 Å². The van der Waals surface area contributed by atoms with E-state index in [9.17, 15) is 5.11 Å². The monoisotopic (exact) mass is 286 g/mol. The molecule has 0 bridgehead atoms. The fourth-order valence-corrected chi connectivity index (χ4v) is 2.25. The van der Waals surface area contributed by atoms with Crippen LogP contribution in [-0.2, 0) is 0 Å². The zero-order valence-electron chi connectivity index (χ0n) is 12.3. The lowest BCUT2D eigenvalue weighted by atomic mass is 9.88. The molecule has 0 saturated carbocycles. The normalized spacial score (nSPS) is 13.2. The summed E-state index contributed by atoms with van der Waals surface area (Å²) in [6.45, 7) is 6.45. The predicted octanol–water partition coefficient (Wildman–Crippen LogP) is 4.22. The third-order valence-electron chi connectivity index (χ3n) is 3.04. The highest BCUT2D eigenvalue weighted by molar-refractivity contribution is 6.33. The zero-order valence-corrected chi connectivity index (χ0v) is 13.0. The van der Waals surface area contributed by atoms with Gasteiger partial charge in [-0.3, -0.25) is 0 Å².